The Bertz CT molecular complexity index is 2690. The van der Waals surface area contributed by atoms with Gasteiger partial charge in [0, 0.05) is 47.4 Å². The minimum Gasteiger partial charge on any atom is -0.309 e. The van der Waals surface area contributed by atoms with Crippen molar-refractivity contribution in [3.63, 3.8) is 0 Å². The number of para-hydroxylation sites is 3. The van der Waals surface area contributed by atoms with Crippen LogP contribution in [0.2, 0.25) is 0 Å². The summed E-state index contributed by atoms with van der Waals surface area (Å²) in [6.07, 6.45) is 0. The SMILES string of the molecule is c1ccc(-n2c3ccccc3c3c4c5ccccc5n(-c5nc6c(ccc7sc8ccccc8c76)s5)c4ccc32)cc1. The number of hydrogen-bond donors (Lipinski definition) is 0. The zero-order chi connectivity index (χ0) is 27.4. The first-order valence-electron chi connectivity index (χ1n) is 14.1. The maximum Gasteiger partial charge on any atom is 0.195 e. The number of rotatable bonds is 2. The number of thiazole rings is 1. The first kappa shape index (κ1) is 22.7. The molecule has 0 saturated heterocycles. The van der Waals surface area contributed by atoms with Crippen LogP contribution in [-0.2, 0) is 0 Å². The first-order valence-corrected chi connectivity index (χ1v) is 15.7. The van der Waals surface area contributed by atoms with E-state index >= 15 is 0 Å². The fourth-order valence-corrected chi connectivity index (χ4v) is 8.98. The lowest BCUT2D eigenvalue weighted by Crippen LogP contribution is -1.94. The summed E-state index contributed by atoms with van der Waals surface area (Å²) < 4.78 is 8.59. The fraction of sp³-hybridized carbons (Fsp3) is 0. The maximum atomic E-state index is 5.38. The summed E-state index contributed by atoms with van der Waals surface area (Å²) in [6.45, 7) is 0. The number of benzene rings is 6. The quantitative estimate of drug-likeness (QED) is 0.202. The third-order valence-corrected chi connectivity index (χ3v) is 10.7. The van der Waals surface area contributed by atoms with E-state index in [2.05, 4.69) is 137 Å². The number of fused-ring (bicyclic) bond motifs is 12. The fourth-order valence-electron chi connectivity index (χ4n) is 6.86. The molecule has 10 aromatic rings. The summed E-state index contributed by atoms with van der Waals surface area (Å²) >= 11 is 3.62. The first-order chi connectivity index (χ1) is 20.8. The van der Waals surface area contributed by atoms with Crippen molar-refractivity contribution in [3.8, 4) is 10.8 Å². The molecule has 0 fully saturated rings. The standard InChI is InChI=1S/C37H21N3S2/c1-2-10-22(11-3-1)39-26-15-7-4-12-23(26)33-28(39)18-19-29-34(33)24-13-5-8-16-27(24)40(29)37-38-36-32(42-37)21-20-31-35(36)25-14-6-9-17-30(25)41-31/h1-21H. The third kappa shape index (κ3) is 2.91. The molecule has 0 unspecified atom stereocenters. The molecule has 0 aliphatic rings. The number of aromatic nitrogens is 3. The summed E-state index contributed by atoms with van der Waals surface area (Å²) in [4.78, 5) is 5.38. The summed E-state index contributed by atoms with van der Waals surface area (Å²) in [5.41, 5.74) is 7.07. The highest BCUT2D eigenvalue weighted by atomic mass is 32.1. The normalized spacial score (nSPS) is 12.3. The monoisotopic (exact) mass is 571 g/mol. The lowest BCUT2D eigenvalue weighted by atomic mass is 10.1. The van der Waals surface area contributed by atoms with E-state index in [-0.39, 0.29) is 0 Å². The van der Waals surface area contributed by atoms with E-state index in [0.717, 1.165) is 10.6 Å². The molecule has 0 amide bonds. The van der Waals surface area contributed by atoms with E-state index < -0.39 is 0 Å². The molecule has 0 N–H and O–H groups in total. The van der Waals surface area contributed by atoms with Crippen molar-refractivity contribution in [2.24, 2.45) is 0 Å². The Morgan fingerprint density at radius 2 is 1.00 bits per heavy atom. The van der Waals surface area contributed by atoms with Crippen molar-refractivity contribution >= 4 is 96.7 Å². The molecule has 10 rings (SSSR count). The lowest BCUT2D eigenvalue weighted by molar-refractivity contribution is 1.15. The van der Waals surface area contributed by atoms with Crippen LogP contribution < -0.4 is 0 Å². The van der Waals surface area contributed by atoms with Gasteiger partial charge in [0.25, 0.3) is 0 Å². The Morgan fingerprint density at radius 1 is 0.405 bits per heavy atom. The number of hydrogen-bond acceptors (Lipinski definition) is 3. The van der Waals surface area contributed by atoms with Crippen LogP contribution in [0, 0.1) is 0 Å². The van der Waals surface area contributed by atoms with Crippen molar-refractivity contribution in [1.29, 1.82) is 0 Å². The second-order valence-electron chi connectivity index (χ2n) is 10.8. The molecule has 4 aromatic heterocycles. The predicted octanol–water partition coefficient (Wildman–Crippen LogP) is 10.9. The zero-order valence-electron chi connectivity index (χ0n) is 22.3. The Morgan fingerprint density at radius 3 is 1.76 bits per heavy atom. The minimum absolute atomic E-state index is 1.00. The van der Waals surface area contributed by atoms with Gasteiger partial charge in [0.2, 0.25) is 0 Å². The van der Waals surface area contributed by atoms with Crippen LogP contribution in [0.4, 0.5) is 0 Å². The van der Waals surface area contributed by atoms with Gasteiger partial charge in [-0.3, -0.25) is 4.57 Å². The molecule has 0 saturated carbocycles. The molecule has 6 aromatic carbocycles. The van der Waals surface area contributed by atoms with Gasteiger partial charge in [-0.05, 0) is 54.6 Å². The second-order valence-corrected chi connectivity index (χ2v) is 12.9. The predicted molar refractivity (Wildman–Crippen MR) is 181 cm³/mol. The molecule has 4 heterocycles. The molecule has 5 heteroatoms. The van der Waals surface area contributed by atoms with Crippen LogP contribution in [0.1, 0.15) is 0 Å². The van der Waals surface area contributed by atoms with E-state index in [4.69, 9.17) is 4.98 Å². The average Bonchev–Trinajstić information content (AvgIpc) is 3.79. The molecule has 196 valence electrons. The van der Waals surface area contributed by atoms with E-state index in [1.807, 2.05) is 11.3 Å². The Kier molecular flexibility index (Phi) is 4.48. The maximum absolute atomic E-state index is 5.38. The van der Waals surface area contributed by atoms with Crippen molar-refractivity contribution in [2.45, 2.75) is 0 Å². The Hall–Kier alpha value is -4.97. The molecular formula is C37H21N3S2. The van der Waals surface area contributed by atoms with Gasteiger partial charge in [-0.15, -0.1) is 11.3 Å². The van der Waals surface area contributed by atoms with Crippen LogP contribution in [0.15, 0.2) is 127 Å². The lowest BCUT2D eigenvalue weighted by Gasteiger charge is -2.07. The summed E-state index contributed by atoms with van der Waals surface area (Å²) in [5, 5.41) is 8.64. The van der Waals surface area contributed by atoms with Crippen molar-refractivity contribution in [1.82, 2.24) is 14.1 Å². The Balaban J connectivity index is 1.35. The molecule has 42 heavy (non-hydrogen) atoms. The van der Waals surface area contributed by atoms with Crippen LogP contribution >= 0.6 is 22.7 Å². The molecular weight excluding hydrogens is 551 g/mol. The molecule has 0 aliphatic heterocycles. The van der Waals surface area contributed by atoms with Crippen LogP contribution in [0.3, 0.4) is 0 Å². The van der Waals surface area contributed by atoms with E-state index in [0.29, 0.717) is 0 Å². The molecule has 0 spiro atoms. The molecule has 0 radical (unpaired) electrons. The molecule has 0 bridgehead atoms. The molecule has 0 atom stereocenters. The summed E-state index contributed by atoms with van der Waals surface area (Å²) in [6, 6.07) is 46.0. The average molecular weight is 572 g/mol. The number of nitrogens with zero attached hydrogens (tertiary/aromatic N) is 3. The zero-order valence-corrected chi connectivity index (χ0v) is 23.9. The van der Waals surface area contributed by atoms with Gasteiger partial charge in [-0.1, -0.05) is 84.1 Å². The van der Waals surface area contributed by atoms with E-state index in [1.165, 1.54) is 74.2 Å². The van der Waals surface area contributed by atoms with Gasteiger partial charge in [-0.2, -0.15) is 0 Å². The smallest absolute Gasteiger partial charge is 0.195 e. The van der Waals surface area contributed by atoms with Crippen LogP contribution in [0.25, 0.3) is 84.8 Å². The molecule has 0 aliphatic carbocycles. The van der Waals surface area contributed by atoms with Gasteiger partial charge < -0.3 is 4.57 Å². The Labute approximate surface area is 248 Å². The van der Waals surface area contributed by atoms with Gasteiger partial charge in [0.05, 0.1) is 32.3 Å². The number of thiophene rings is 1. The summed E-state index contributed by atoms with van der Waals surface area (Å²) in [7, 11) is 0. The van der Waals surface area contributed by atoms with Gasteiger partial charge in [0.1, 0.15) is 0 Å². The minimum atomic E-state index is 1.00. The summed E-state index contributed by atoms with van der Waals surface area (Å²) in [5.74, 6) is 0. The van der Waals surface area contributed by atoms with Gasteiger partial charge in [-0.25, -0.2) is 4.98 Å². The topological polar surface area (TPSA) is 22.8 Å². The second kappa shape index (κ2) is 8.29. The molecule has 3 nitrogen and oxygen atoms in total. The van der Waals surface area contributed by atoms with Gasteiger partial charge in [0.15, 0.2) is 5.13 Å². The van der Waals surface area contributed by atoms with Crippen LogP contribution in [-0.4, -0.2) is 14.1 Å². The van der Waals surface area contributed by atoms with Crippen molar-refractivity contribution < 1.29 is 0 Å². The van der Waals surface area contributed by atoms with Gasteiger partial charge >= 0.3 is 0 Å². The van der Waals surface area contributed by atoms with E-state index in [1.54, 1.807) is 11.3 Å². The van der Waals surface area contributed by atoms with E-state index in [9.17, 15) is 0 Å². The highest BCUT2D eigenvalue weighted by Crippen LogP contribution is 2.44. The largest absolute Gasteiger partial charge is 0.309 e. The third-order valence-electron chi connectivity index (χ3n) is 8.57. The van der Waals surface area contributed by atoms with Crippen LogP contribution in [0.5, 0.6) is 0 Å². The highest BCUT2D eigenvalue weighted by molar-refractivity contribution is 7.26. The highest BCUT2D eigenvalue weighted by Gasteiger charge is 2.22. The van der Waals surface area contributed by atoms with Crippen molar-refractivity contribution in [2.75, 3.05) is 0 Å². The van der Waals surface area contributed by atoms with Crippen molar-refractivity contribution in [3.05, 3.63) is 127 Å².